The summed E-state index contributed by atoms with van der Waals surface area (Å²) in [5.74, 6) is -0.398. The molecule has 0 atom stereocenters. The van der Waals surface area contributed by atoms with Crippen LogP contribution in [0, 0.1) is 0 Å². The summed E-state index contributed by atoms with van der Waals surface area (Å²) < 4.78 is 11.1. The van der Waals surface area contributed by atoms with E-state index in [9.17, 15) is 4.79 Å². The number of hydrogen-bond acceptors (Lipinski definition) is 4. The van der Waals surface area contributed by atoms with Crippen molar-refractivity contribution in [2.45, 2.75) is 39.0 Å². The van der Waals surface area contributed by atoms with Crippen LogP contribution in [0.1, 0.15) is 26.3 Å². The number of para-hydroxylation sites is 1. The SMILES string of the molecule is CC(C)(C)OC1CN(Cc2cccc3[nH]c(=O)oc23)C1. The molecule has 3 rings (SSSR count). The van der Waals surface area contributed by atoms with E-state index in [1.807, 2.05) is 18.2 Å². The highest BCUT2D eigenvalue weighted by Crippen LogP contribution is 2.23. The highest BCUT2D eigenvalue weighted by molar-refractivity contribution is 5.75. The zero-order valence-electron chi connectivity index (χ0n) is 12.1. The molecule has 1 aliphatic heterocycles. The van der Waals surface area contributed by atoms with Crippen LogP contribution in [-0.2, 0) is 11.3 Å². The highest BCUT2D eigenvalue weighted by atomic mass is 16.5. The number of H-pyrrole nitrogens is 1. The van der Waals surface area contributed by atoms with E-state index < -0.39 is 5.76 Å². The first-order chi connectivity index (χ1) is 9.40. The number of aromatic nitrogens is 1. The lowest BCUT2D eigenvalue weighted by atomic mass is 10.1. The van der Waals surface area contributed by atoms with E-state index in [-0.39, 0.29) is 5.60 Å². The van der Waals surface area contributed by atoms with E-state index in [4.69, 9.17) is 9.15 Å². The van der Waals surface area contributed by atoms with Gasteiger partial charge in [-0.3, -0.25) is 9.88 Å². The van der Waals surface area contributed by atoms with Crippen molar-refractivity contribution in [2.24, 2.45) is 0 Å². The topological polar surface area (TPSA) is 58.5 Å². The van der Waals surface area contributed by atoms with Crippen LogP contribution in [0.25, 0.3) is 11.1 Å². The Kier molecular flexibility index (Phi) is 3.18. The standard InChI is InChI=1S/C15H20N2O3/c1-15(2,3)20-11-8-17(9-11)7-10-5-4-6-12-13(10)19-14(18)16-12/h4-6,11H,7-9H2,1-3H3,(H,16,18). The molecule has 0 amide bonds. The quantitative estimate of drug-likeness (QED) is 0.933. The number of oxazole rings is 1. The second-order valence-corrected chi connectivity index (χ2v) is 6.35. The molecule has 5 nitrogen and oxygen atoms in total. The number of likely N-dealkylation sites (tertiary alicyclic amines) is 1. The molecule has 1 N–H and O–H groups in total. The molecule has 1 aliphatic rings. The van der Waals surface area contributed by atoms with E-state index in [0.29, 0.717) is 11.7 Å². The van der Waals surface area contributed by atoms with Gasteiger partial charge in [-0.25, -0.2) is 4.79 Å². The Hall–Kier alpha value is -1.59. The zero-order chi connectivity index (χ0) is 14.3. The van der Waals surface area contributed by atoms with Crippen LogP contribution in [0.2, 0.25) is 0 Å². The molecule has 2 aromatic rings. The van der Waals surface area contributed by atoms with Gasteiger partial charge < -0.3 is 9.15 Å². The second kappa shape index (κ2) is 4.75. The van der Waals surface area contributed by atoms with Crippen LogP contribution in [0.15, 0.2) is 27.4 Å². The summed E-state index contributed by atoms with van der Waals surface area (Å²) in [4.78, 5) is 16.2. The monoisotopic (exact) mass is 276 g/mol. The van der Waals surface area contributed by atoms with Crippen LogP contribution in [-0.4, -0.2) is 34.7 Å². The van der Waals surface area contributed by atoms with Gasteiger partial charge in [-0.05, 0) is 26.8 Å². The molecule has 1 aromatic carbocycles. The number of benzene rings is 1. The minimum Gasteiger partial charge on any atom is -0.408 e. The molecule has 0 radical (unpaired) electrons. The van der Waals surface area contributed by atoms with Gasteiger partial charge in [-0.1, -0.05) is 12.1 Å². The van der Waals surface area contributed by atoms with Gasteiger partial charge in [0.2, 0.25) is 0 Å². The number of aromatic amines is 1. The molecule has 2 heterocycles. The third kappa shape index (κ3) is 2.78. The first-order valence-electron chi connectivity index (χ1n) is 6.91. The number of nitrogens with zero attached hydrogens (tertiary/aromatic N) is 1. The Labute approximate surface area is 117 Å². The zero-order valence-corrected chi connectivity index (χ0v) is 12.1. The average Bonchev–Trinajstić information content (AvgIpc) is 2.65. The predicted octanol–water partition coefficient (Wildman–Crippen LogP) is 2.12. The summed E-state index contributed by atoms with van der Waals surface area (Å²) in [6.07, 6.45) is 0.299. The minimum atomic E-state index is -0.398. The first kappa shape index (κ1) is 13.4. The maximum atomic E-state index is 11.3. The van der Waals surface area contributed by atoms with Gasteiger partial charge in [0.15, 0.2) is 5.58 Å². The smallest absolute Gasteiger partial charge is 0.408 e. The molecule has 1 fully saturated rings. The molecule has 1 aromatic heterocycles. The normalized spacial score (nSPS) is 17.6. The fourth-order valence-corrected chi connectivity index (χ4v) is 2.62. The third-order valence-electron chi connectivity index (χ3n) is 3.37. The van der Waals surface area contributed by atoms with Crippen molar-refractivity contribution in [3.8, 4) is 0 Å². The Bertz CT molecular complexity index is 660. The van der Waals surface area contributed by atoms with E-state index in [2.05, 4.69) is 30.7 Å². The Morgan fingerprint density at radius 2 is 2.15 bits per heavy atom. The summed E-state index contributed by atoms with van der Waals surface area (Å²) in [6.45, 7) is 8.84. The molecule has 0 spiro atoms. The van der Waals surface area contributed by atoms with Crippen LogP contribution in [0.4, 0.5) is 0 Å². The molecular weight excluding hydrogens is 256 g/mol. The van der Waals surface area contributed by atoms with Gasteiger partial charge in [0.1, 0.15) is 0 Å². The largest absolute Gasteiger partial charge is 0.417 e. The number of nitrogens with one attached hydrogen (secondary N) is 1. The number of hydrogen-bond donors (Lipinski definition) is 1. The summed E-state index contributed by atoms with van der Waals surface area (Å²) in [5, 5.41) is 0. The van der Waals surface area contributed by atoms with Gasteiger partial charge >= 0.3 is 5.76 Å². The molecule has 108 valence electrons. The lowest BCUT2D eigenvalue weighted by Gasteiger charge is -2.42. The maximum absolute atomic E-state index is 11.3. The van der Waals surface area contributed by atoms with E-state index >= 15 is 0 Å². The third-order valence-corrected chi connectivity index (χ3v) is 3.37. The van der Waals surface area contributed by atoms with Crippen molar-refractivity contribution in [1.82, 2.24) is 9.88 Å². The summed E-state index contributed by atoms with van der Waals surface area (Å²) in [7, 11) is 0. The number of fused-ring (bicyclic) bond motifs is 1. The number of ether oxygens (including phenoxy) is 1. The lowest BCUT2D eigenvalue weighted by Crippen LogP contribution is -2.53. The molecule has 0 unspecified atom stereocenters. The Morgan fingerprint density at radius 1 is 1.40 bits per heavy atom. The molecular formula is C15H20N2O3. The molecule has 5 heteroatoms. The van der Waals surface area contributed by atoms with Crippen molar-refractivity contribution in [2.75, 3.05) is 13.1 Å². The molecule has 0 saturated carbocycles. The van der Waals surface area contributed by atoms with E-state index in [1.165, 1.54) is 0 Å². The van der Waals surface area contributed by atoms with Crippen LogP contribution in [0.5, 0.6) is 0 Å². The fraction of sp³-hybridized carbons (Fsp3) is 0.533. The first-order valence-corrected chi connectivity index (χ1v) is 6.91. The fourth-order valence-electron chi connectivity index (χ4n) is 2.62. The van der Waals surface area contributed by atoms with Crippen molar-refractivity contribution in [3.63, 3.8) is 0 Å². The van der Waals surface area contributed by atoms with Crippen molar-refractivity contribution in [3.05, 3.63) is 34.3 Å². The number of rotatable bonds is 3. The van der Waals surface area contributed by atoms with Gasteiger partial charge in [-0.15, -0.1) is 0 Å². The van der Waals surface area contributed by atoms with Crippen molar-refractivity contribution in [1.29, 1.82) is 0 Å². The average molecular weight is 276 g/mol. The lowest BCUT2D eigenvalue weighted by molar-refractivity contribution is -0.126. The molecule has 0 aliphatic carbocycles. The minimum absolute atomic E-state index is 0.0931. The summed E-state index contributed by atoms with van der Waals surface area (Å²) in [6, 6.07) is 5.79. The van der Waals surface area contributed by atoms with Crippen LogP contribution >= 0.6 is 0 Å². The second-order valence-electron chi connectivity index (χ2n) is 6.35. The summed E-state index contributed by atoms with van der Waals surface area (Å²) >= 11 is 0. The van der Waals surface area contributed by atoms with Gasteiger partial charge in [0.05, 0.1) is 17.2 Å². The highest BCUT2D eigenvalue weighted by Gasteiger charge is 2.31. The van der Waals surface area contributed by atoms with Crippen LogP contribution in [0.3, 0.4) is 0 Å². The van der Waals surface area contributed by atoms with Crippen molar-refractivity contribution >= 4 is 11.1 Å². The van der Waals surface area contributed by atoms with Crippen molar-refractivity contribution < 1.29 is 9.15 Å². The maximum Gasteiger partial charge on any atom is 0.417 e. The molecule has 1 saturated heterocycles. The Balaban J connectivity index is 1.66. The molecule has 20 heavy (non-hydrogen) atoms. The van der Waals surface area contributed by atoms with Crippen LogP contribution < -0.4 is 5.76 Å². The molecule has 0 bridgehead atoms. The van der Waals surface area contributed by atoms with Gasteiger partial charge in [0.25, 0.3) is 0 Å². The summed E-state index contributed by atoms with van der Waals surface area (Å²) in [5.41, 5.74) is 2.37. The Morgan fingerprint density at radius 3 is 2.85 bits per heavy atom. The van der Waals surface area contributed by atoms with E-state index in [1.54, 1.807) is 0 Å². The van der Waals surface area contributed by atoms with E-state index in [0.717, 1.165) is 30.7 Å². The van der Waals surface area contributed by atoms with Gasteiger partial charge in [0, 0.05) is 25.2 Å². The van der Waals surface area contributed by atoms with Gasteiger partial charge in [-0.2, -0.15) is 0 Å². The predicted molar refractivity (Wildman–Crippen MR) is 76.7 cm³/mol.